The Kier molecular flexibility index (Phi) is 2.80. The Hall–Kier alpha value is -2.50. The number of benzene rings is 1. The Bertz CT molecular complexity index is 685. The maximum atomic E-state index is 5.39. The molecule has 21 heavy (non-hydrogen) atoms. The van der Waals surface area contributed by atoms with Crippen molar-refractivity contribution in [3.05, 3.63) is 30.0 Å². The van der Waals surface area contributed by atoms with E-state index in [2.05, 4.69) is 20.2 Å². The van der Waals surface area contributed by atoms with Crippen molar-refractivity contribution in [2.24, 2.45) is 0 Å². The first-order valence-electron chi connectivity index (χ1n) is 7.05. The highest BCUT2D eigenvalue weighted by atomic mass is 16.7. The van der Waals surface area contributed by atoms with Gasteiger partial charge in [-0.25, -0.2) is 4.98 Å². The molecule has 3 heterocycles. The quantitative estimate of drug-likeness (QED) is 0.934. The van der Waals surface area contributed by atoms with E-state index < -0.39 is 0 Å². The minimum atomic E-state index is 0.282. The highest BCUT2D eigenvalue weighted by molar-refractivity contribution is 5.64. The van der Waals surface area contributed by atoms with Crippen molar-refractivity contribution in [2.75, 3.05) is 30.1 Å². The summed E-state index contributed by atoms with van der Waals surface area (Å²) in [6.07, 6.45) is 3.07. The molecule has 6 heteroatoms. The van der Waals surface area contributed by atoms with Gasteiger partial charge in [-0.1, -0.05) is 0 Å². The van der Waals surface area contributed by atoms with Crippen molar-refractivity contribution in [2.45, 2.75) is 13.3 Å². The summed E-state index contributed by atoms with van der Waals surface area (Å²) in [5.74, 6) is 3.15. The van der Waals surface area contributed by atoms with Crippen molar-refractivity contribution < 1.29 is 9.47 Å². The number of nitrogens with one attached hydrogen (secondary N) is 1. The highest BCUT2D eigenvalue weighted by Crippen LogP contribution is 2.35. The number of fused-ring (bicyclic) bond motifs is 1. The van der Waals surface area contributed by atoms with Gasteiger partial charge in [0.2, 0.25) is 12.7 Å². The largest absolute Gasteiger partial charge is 0.454 e. The van der Waals surface area contributed by atoms with Gasteiger partial charge in [0.25, 0.3) is 0 Å². The average molecular weight is 284 g/mol. The lowest BCUT2D eigenvalue weighted by molar-refractivity contribution is 0.174. The second-order valence-electron chi connectivity index (χ2n) is 5.24. The summed E-state index contributed by atoms with van der Waals surface area (Å²) >= 11 is 0. The smallest absolute Gasteiger partial charge is 0.231 e. The molecule has 2 aliphatic heterocycles. The molecule has 6 nitrogen and oxygen atoms in total. The van der Waals surface area contributed by atoms with E-state index >= 15 is 0 Å². The number of rotatable bonds is 3. The van der Waals surface area contributed by atoms with E-state index in [4.69, 9.17) is 9.47 Å². The van der Waals surface area contributed by atoms with E-state index in [1.54, 1.807) is 0 Å². The van der Waals surface area contributed by atoms with Gasteiger partial charge in [-0.2, -0.15) is 4.98 Å². The fourth-order valence-corrected chi connectivity index (χ4v) is 2.34. The molecular formula is C15H16N4O2. The van der Waals surface area contributed by atoms with Crippen LogP contribution >= 0.6 is 0 Å². The predicted molar refractivity (Wildman–Crippen MR) is 79.4 cm³/mol. The summed E-state index contributed by atoms with van der Waals surface area (Å²) in [7, 11) is 0. The van der Waals surface area contributed by atoms with Crippen LogP contribution in [0.4, 0.5) is 17.5 Å². The van der Waals surface area contributed by atoms with Crippen molar-refractivity contribution in [1.82, 2.24) is 9.97 Å². The molecule has 0 unspecified atom stereocenters. The molecule has 0 radical (unpaired) electrons. The summed E-state index contributed by atoms with van der Waals surface area (Å²) in [6, 6.07) is 5.78. The van der Waals surface area contributed by atoms with Crippen LogP contribution in [0.3, 0.4) is 0 Å². The van der Waals surface area contributed by atoms with Gasteiger partial charge in [0.05, 0.1) is 0 Å². The minimum Gasteiger partial charge on any atom is -0.454 e. The minimum absolute atomic E-state index is 0.282. The molecule has 0 saturated carbocycles. The maximum absolute atomic E-state index is 5.39. The molecule has 1 fully saturated rings. The fraction of sp³-hybridized carbons (Fsp3) is 0.333. The zero-order valence-electron chi connectivity index (χ0n) is 11.8. The number of nitrogens with zero attached hydrogens (tertiary/aromatic N) is 3. The van der Waals surface area contributed by atoms with Crippen LogP contribution in [0.1, 0.15) is 12.0 Å². The topological polar surface area (TPSA) is 59.5 Å². The molecule has 0 aliphatic carbocycles. The number of hydrogen-bond donors (Lipinski definition) is 1. The first-order chi connectivity index (χ1) is 10.3. The molecule has 0 atom stereocenters. The van der Waals surface area contributed by atoms with Crippen molar-refractivity contribution in [3.63, 3.8) is 0 Å². The Morgan fingerprint density at radius 3 is 2.86 bits per heavy atom. The molecule has 108 valence electrons. The third-order valence-corrected chi connectivity index (χ3v) is 3.73. The third kappa shape index (κ3) is 2.22. The van der Waals surface area contributed by atoms with Crippen LogP contribution in [0.15, 0.2) is 24.4 Å². The van der Waals surface area contributed by atoms with E-state index in [1.165, 1.54) is 6.42 Å². The van der Waals surface area contributed by atoms with E-state index in [9.17, 15) is 0 Å². The number of hydrogen-bond acceptors (Lipinski definition) is 6. The van der Waals surface area contributed by atoms with Crippen LogP contribution in [-0.2, 0) is 0 Å². The summed E-state index contributed by atoms with van der Waals surface area (Å²) < 4.78 is 10.7. The van der Waals surface area contributed by atoms with Gasteiger partial charge in [0, 0.05) is 36.6 Å². The lowest BCUT2D eigenvalue weighted by Crippen LogP contribution is -2.38. The van der Waals surface area contributed by atoms with Gasteiger partial charge >= 0.3 is 0 Å². The normalized spacial score (nSPS) is 15.8. The molecule has 1 saturated heterocycles. The molecular weight excluding hydrogens is 268 g/mol. The van der Waals surface area contributed by atoms with E-state index in [1.807, 2.05) is 31.3 Å². The zero-order chi connectivity index (χ0) is 14.2. The first kappa shape index (κ1) is 12.3. The lowest BCUT2D eigenvalue weighted by Gasteiger charge is -2.31. The monoisotopic (exact) mass is 284 g/mol. The number of aryl methyl sites for hydroxylation is 1. The summed E-state index contributed by atoms with van der Waals surface area (Å²) in [5.41, 5.74) is 1.94. The number of anilines is 3. The Labute approximate surface area is 122 Å². The summed E-state index contributed by atoms with van der Waals surface area (Å²) in [6.45, 7) is 4.35. The molecule has 2 aromatic rings. The molecule has 1 N–H and O–H groups in total. The van der Waals surface area contributed by atoms with E-state index in [0.717, 1.165) is 47.6 Å². The average Bonchev–Trinajstić information content (AvgIpc) is 2.88. The lowest BCUT2D eigenvalue weighted by atomic mass is 10.2. The standard InChI is InChI=1S/C15H16N4O2/c1-10-8-16-15(19-5-2-6-19)18-14(10)17-11-3-4-12-13(7-11)21-9-20-12/h3-4,7-8H,2,5-6,9H2,1H3,(H,16,17,18). The Balaban J connectivity index is 1.61. The Morgan fingerprint density at radius 1 is 1.19 bits per heavy atom. The molecule has 1 aromatic heterocycles. The van der Waals surface area contributed by atoms with Crippen molar-refractivity contribution >= 4 is 17.5 Å². The predicted octanol–water partition coefficient (Wildman–Crippen LogP) is 2.47. The first-order valence-corrected chi connectivity index (χ1v) is 7.05. The van der Waals surface area contributed by atoms with Crippen LogP contribution in [0.2, 0.25) is 0 Å². The van der Waals surface area contributed by atoms with Crippen molar-refractivity contribution in [1.29, 1.82) is 0 Å². The number of ether oxygens (including phenoxy) is 2. The second kappa shape index (κ2) is 4.80. The second-order valence-corrected chi connectivity index (χ2v) is 5.24. The van der Waals surface area contributed by atoms with E-state index in [0.29, 0.717) is 0 Å². The van der Waals surface area contributed by atoms with Crippen LogP contribution in [0.5, 0.6) is 11.5 Å². The van der Waals surface area contributed by atoms with Gasteiger partial charge in [-0.15, -0.1) is 0 Å². The summed E-state index contributed by atoms with van der Waals surface area (Å²) in [5, 5.41) is 3.33. The van der Waals surface area contributed by atoms with Gasteiger partial charge in [0.1, 0.15) is 5.82 Å². The highest BCUT2D eigenvalue weighted by Gasteiger charge is 2.18. The maximum Gasteiger partial charge on any atom is 0.231 e. The Morgan fingerprint density at radius 2 is 2.05 bits per heavy atom. The van der Waals surface area contributed by atoms with Crippen LogP contribution in [-0.4, -0.2) is 29.9 Å². The fourth-order valence-electron chi connectivity index (χ4n) is 2.34. The zero-order valence-corrected chi connectivity index (χ0v) is 11.8. The van der Waals surface area contributed by atoms with Crippen LogP contribution in [0.25, 0.3) is 0 Å². The molecule has 0 spiro atoms. The molecule has 2 aliphatic rings. The van der Waals surface area contributed by atoms with Crippen LogP contribution in [0, 0.1) is 6.92 Å². The van der Waals surface area contributed by atoms with Gasteiger partial charge in [0.15, 0.2) is 11.5 Å². The molecule has 0 bridgehead atoms. The van der Waals surface area contributed by atoms with E-state index in [-0.39, 0.29) is 6.79 Å². The van der Waals surface area contributed by atoms with Gasteiger partial charge < -0.3 is 19.7 Å². The third-order valence-electron chi connectivity index (χ3n) is 3.73. The molecule has 1 aromatic carbocycles. The summed E-state index contributed by atoms with van der Waals surface area (Å²) in [4.78, 5) is 11.2. The SMILES string of the molecule is Cc1cnc(N2CCC2)nc1Nc1ccc2c(c1)OCO2. The van der Waals surface area contributed by atoms with Gasteiger partial charge in [-0.05, 0) is 25.5 Å². The molecule has 0 amide bonds. The van der Waals surface area contributed by atoms with Gasteiger partial charge in [-0.3, -0.25) is 0 Å². The number of aromatic nitrogens is 2. The van der Waals surface area contributed by atoms with Crippen LogP contribution < -0.4 is 19.7 Å². The van der Waals surface area contributed by atoms with Crippen molar-refractivity contribution in [3.8, 4) is 11.5 Å². The molecule has 4 rings (SSSR count).